The molecule has 1 heterocycles. The number of carbonyl (C=O) groups excluding carboxylic acids is 1. The Balaban J connectivity index is 2.82. The number of carbonyl (C=O) groups is 1. The number of methoxy groups -OCH3 is 1. The molecule has 1 rings (SSSR count). The van der Waals surface area contributed by atoms with Crippen molar-refractivity contribution in [3.8, 4) is 0 Å². The van der Waals surface area contributed by atoms with Crippen molar-refractivity contribution in [3.05, 3.63) is 0 Å². The monoisotopic (exact) mass is 193 g/mol. The van der Waals surface area contributed by atoms with Gasteiger partial charge in [0.15, 0.2) is 0 Å². The van der Waals surface area contributed by atoms with Gasteiger partial charge >= 0.3 is 5.92 Å². The Morgan fingerprint density at radius 1 is 1.54 bits per heavy atom. The molecule has 0 atom stereocenters. The molecule has 76 valence electrons. The molecule has 0 unspecified atom stereocenters. The summed E-state index contributed by atoms with van der Waals surface area (Å²) in [6.45, 7) is 3.23. The lowest BCUT2D eigenvalue weighted by molar-refractivity contribution is -0.168. The van der Waals surface area contributed by atoms with Crippen LogP contribution in [-0.2, 0) is 9.53 Å². The molecule has 5 heteroatoms. The second-order valence-corrected chi connectivity index (χ2v) is 3.56. The fourth-order valence-electron chi connectivity index (χ4n) is 1.28. The highest BCUT2D eigenvalue weighted by Gasteiger charge is 2.52. The number of alkyl halides is 2. The van der Waals surface area contributed by atoms with Gasteiger partial charge in [0.05, 0.1) is 0 Å². The second kappa shape index (κ2) is 2.90. The molecular formula is C8H13F2NO2. The third-order valence-electron chi connectivity index (χ3n) is 2.36. The maximum Gasteiger partial charge on any atom is 0.326 e. The number of hydrogen-bond donors (Lipinski definition) is 0. The molecule has 1 aliphatic rings. The van der Waals surface area contributed by atoms with E-state index in [-0.39, 0.29) is 6.54 Å². The summed E-state index contributed by atoms with van der Waals surface area (Å²) in [6, 6.07) is 0. The van der Waals surface area contributed by atoms with Crippen LogP contribution in [0.1, 0.15) is 20.3 Å². The van der Waals surface area contributed by atoms with E-state index in [9.17, 15) is 13.6 Å². The normalized spacial score (nSPS) is 22.5. The number of rotatable bonds is 2. The predicted octanol–water partition coefficient (Wildman–Crippen LogP) is 1.24. The van der Waals surface area contributed by atoms with E-state index in [2.05, 4.69) is 0 Å². The molecular weight excluding hydrogens is 180 g/mol. The summed E-state index contributed by atoms with van der Waals surface area (Å²) in [4.78, 5) is 12.2. The summed E-state index contributed by atoms with van der Waals surface area (Å²) in [5, 5.41) is 0. The molecule has 0 saturated carbocycles. The first kappa shape index (κ1) is 10.4. The molecule has 0 radical (unpaired) electrons. The molecule has 0 spiro atoms. The predicted molar refractivity (Wildman–Crippen MR) is 42.4 cm³/mol. The standard InChI is InChI=1S/C8H13F2NO2/c1-7(2,13-3)11-5-4-8(9,10)6(11)12/h4-5H2,1-3H3. The van der Waals surface area contributed by atoms with Gasteiger partial charge in [0, 0.05) is 20.1 Å². The van der Waals surface area contributed by atoms with Gasteiger partial charge in [-0.15, -0.1) is 0 Å². The van der Waals surface area contributed by atoms with Crippen LogP contribution in [0, 0.1) is 0 Å². The number of nitrogens with zero attached hydrogens (tertiary/aromatic N) is 1. The lowest BCUT2D eigenvalue weighted by atomic mass is 10.2. The molecule has 3 nitrogen and oxygen atoms in total. The number of amides is 1. The molecule has 0 aromatic carbocycles. The van der Waals surface area contributed by atoms with Gasteiger partial charge in [-0.3, -0.25) is 4.79 Å². The molecule has 0 aromatic heterocycles. The van der Waals surface area contributed by atoms with Crippen LogP contribution >= 0.6 is 0 Å². The third-order valence-corrected chi connectivity index (χ3v) is 2.36. The van der Waals surface area contributed by atoms with Crippen LogP contribution < -0.4 is 0 Å². The summed E-state index contributed by atoms with van der Waals surface area (Å²) in [7, 11) is 1.39. The van der Waals surface area contributed by atoms with Gasteiger partial charge in [-0.2, -0.15) is 8.78 Å². The zero-order chi connectivity index (χ0) is 10.3. The lowest BCUT2D eigenvalue weighted by Gasteiger charge is -2.33. The highest BCUT2D eigenvalue weighted by atomic mass is 19.3. The molecule has 0 aliphatic carbocycles. The van der Waals surface area contributed by atoms with Crippen LogP contribution in [-0.4, -0.2) is 36.1 Å². The number of halogens is 2. The van der Waals surface area contributed by atoms with Crippen molar-refractivity contribution in [2.24, 2.45) is 0 Å². The molecule has 13 heavy (non-hydrogen) atoms. The Morgan fingerprint density at radius 2 is 2.08 bits per heavy atom. The average molecular weight is 193 g/mol. The maximum absolute atomic E-state index is 12.8. The van der Waals surface area contributed by atoms with Gasteiger partial charge in [0.2, 0.25) is 0 Å². The molecule has 0 aromatic rings. The number of likely N-dealkylation sites (tertiary alicyclic amines) is 1. The first-order valence-electron chi connectivity index (χ1n) is 4.06. The van der Waals surface area contributed by atoms with E-state index in [0.717, 1.165) is 4.90 Å². The molecule has 1 aliphatic heterocycles. The Labute approximate surface area is 75.7 Å². The summed E-state index contributed by atoms with van der Waals surface area (Å²) < 4.78 is 30.6. The smallest absolute Gasteiger partial charge is 0.326 e. The van der Waals surface area contributed by atoms with Gasteiger partial charge in [-0.25, -0.2) is 0 Å². The third kappa shape index (κ3) is 1.65. The Bertz CT molecular complexity index is 228. The minimum absolute atomic E-state index is 0.0483. The van der Waals surface area contributed by atoms with Crippen LogP contribution in [0.3, 0.4) is 0 Å². The zero-order valence-electron chi connectivity index (χ0n) is 7.93. The molecule has 0 N–H and O–H groups in total. The summed E-state index contributed by atoms with van der Waals surface area (Å²) in [5.41, 5.74) is -0.947. The van der Waals surface area contributed by atoms with Crippen molar-refractivity contribution in [1.82, 2.24) is 4.90 Å². The van der Waals surface area contributed by atoms with Crippen molar-refractivity contribution < 1.29 is 18.3 Å². The van der Waals surface area contributed by atoms with E-state index in [1.807, 2.05) is 0 Å². The first-order chi connectivity index (χ1) is 5.81. The summed E-state index contributed by atoms with van der Waals surface area (Å²) in [5.74, 6) is -4.35. The van der Waals surface area contributed by atoms with Gasteiger partial charge in [-0.05, 0) is 13.8 Å². The van der Waals surface area contributed by atoms with E-state index in [0.29, 0.717) is 0 Å². The quantitative estimate of drug-likeness (QED) is 0.660. The maximum atomic E-state index is 12.8. The van der Waals surface area contributed by atoms with Gasteiger partial charge in [0.1, 0.15) is 5.72 Å². The van der Waals surface area contributed by atoms with E-state index >= 15 is 0 Å². The van der Waals surface area contributed by atoms with E-state index < -0.39 is 24.0 Å². The second-order valence-electron chi connectivity index (χ2n) is 3.56. The van der Waals surface area contributed by atoms with Gasteiger partial charge in [-0.1, -0.05) is 0 Å². The largest absolute Gasteiger partial charge is 0.359 e. The molecule has 0 bridgehead atoms. The average Bonchev–Trinajstić information content (AvgIpc) is 2.28. The summed E-state index contributed by atoms with van der Waals surface area (Å²) >= 11 is 0. The van der Waals surface area contributed by atoms with E-state index in [1.165, 1.54) is 7.11 Å². The molecule has 1 fully saturated rings. The minimum Gasteiger partial charge on any atom is -0.359 e. The highest BCUT2D eigenvalue weighted by Crippen LogP contribution is 2.33. The van der Waals surface area contributed by atoms with E-state index in [1.54, 1.807) is 13.8 Å². The number of hydrogen-bond acceptors (Lipinski definition) is 2. The van der Waals surface area contributed by atoms with Crippen LogP contribution in [0.4, 0.5) is 8.78 Å². The fourth-order valence-corrected chi connectivity index (χ4v) is 1.28. The van der Waals surface area contributed by atoms with Crippen LogP contribution in [0.2, 0.25) is 0 Å². The Morgan fingerprint density at radius 3 is 2.38 bits per heavy atom. The Hall–Kier alpha value is -0.710. The van der Waals surface area contributed by atoms with Gasteiger partial charge in [0.25, 0.3) is 5.91 Å². The first-order valence-corrected chi connectivity index (χ1v) is 4.06. The van der Waals surface area contributed by atoms with Gasteiger partial charge < -0.3 is 9.64 Å². The summed E-state index contributed by atoms with van der Waals surface area (Å²) in [6.07, 6.45) is -0.418. The molecule has 1 saturated heterocycles. The fraction of sp³-hybridized carbons (Fsp3) is 0.875. The minimum atomic E-state index is -3.21. The number of ether oxygens (including phenoxy) is 1. The van der Waals surface area contributed by atoms with E-state index in [4.69, 9.17) is 4.74 Å². The van der Waals surface area contributed by atoms with Crippen LogP contribution in [0.5, 0.6) is 0 Å². The highest BCUT2D eigenvalue weighted by molar-refractivity contribution is 5.86. The molecule has 1 amide bonds. The Kier molecular flexibility index (Phi) is 2.32. The van der Waals surface area contributed by atoms with Crippen molar-refractivity contribution in [1.29, 1.82) is 0 Å². The topological polar surface area (TPSA) is 29.5 Å². The lowest BCUT2D eigenvalue weighted by Crippen LogP contribution is -2.48. The van der Waals surface area contributed by atoms with Crippen LogP contribution in [0.25, 0.3) is 0 Å². The van der Waals surface area contributed by atoms with Crippen molar-refractivity contribution in [2.75, 3.05) is 13.7 Å². The van der Waals surface area contributed by atoms with Crippen molar-refractivity contribution in [2.45, 2.75) is 31.9 Å². The SMILES string of the molecule is COC(C)(C)N1CCC(F)(F)C1=O. The van der Waals surface area contributed by atoms with Crippen molar-refractivity contribution >= 4 is 5.91 Å². The van der Waals surface area contributed by atoms with Crippen LogP contribution in [0.15, 0.2) is 0 Å². The van der Waals surface area contributed by atoms with Crippen molar-refractivity contribution in [3.63, 3.8) is 0 Å². The zero-order valence-corrected chi connectivity index (χ0v) is 7.93.